The number of hydrogen-bond acceptors (Lipinski definition) is 8. The summed E-state index contributed by atoms with van der Waals surface area (Å²) in [5, 5.41) is 8.42. The van der Waals surface area contributed by atoms with Crippen LogP contribution < -0.4 is 0 Å². The van der Waals surface area contributed by atoms with Gasteiger partial charge in [0.15, 0.2) is 0 Å². The van der Waals surface area contributed by atoms with Gasteiger partial charge in [-0.3, -0.25) is 0 Å². The molecule has 0 spiro atoms. The van der Waals surface area contributed by atoms with Crippen molar-refractivity contribution in [3.05, 3.63) is 0 Å². The van der Waals surface area contributed by atoms with E-state index in [1.165, 1.54) is 7.11 Å². The van der Waals surface area contributed by atoms with E-state index in [9.17, 15) is 4.57 Å². The fraction of sp³-hybridized carbons (Fsp3) is 0.889. The van der Waals surface area contributed by atoms with Gasteiger partial charge in [0.1, 0.15) is 0 Å². The summed E-state index contributed by atoms with van der Waals surface area (Å²) in [5.74, 6) is 0. The number of rotatable bonds is 9. The molecule has 107 valence electrons. The van der Waals surface area contributed by atoms with E-state index < -0.39 is 26.6 Å². The van der Waals surface area contributed by atoms with Crippen LogP contribution in [0, 0.1) is 11.3 Å². The Hall–Kier alpha value is -0.0956. The molecule has 0 saturated carbocycles. The molecule has 0 aromatic carbocycles. The number of nitriles is 1. The van der Waals surface area contributed by atoms with E-state index in [0.717, 1.165) is 0 Å². The second kappa shape index (κ2) is 8.95. The van der Waals surface area contributed by atoms with Crippen LogP contribution in [0.2, 0.25) is 0 Å². The zero-order valence-electron chi connectivity index (χ0n) is 11.3. The van der Waals surface area contributed by atoms with Crippen LogP contribution in [0.3, 0.4) is 0 Å². The number of phosphoric acid groups is 1. The molecular formula is C9H15N2O6PV. The summed E-state index contributed by atoms with van der Waals surface area (Å²) in [6, 6.07) is 1.86. The molecule has 0 aliphatic carbocycles. The Kier molecular flexibility index (Phi) is 7.21. The number of phosphoric ester groups is 1. The Morgan fingerprint density at radius 3 is 3.16 bits per heavy atom. The first-order valence-electron chi connectivity index (χ1n) is 6.02. The Labute approximate surface area is 122 Å². The molecule has 0 aromatic rings. The Bertz CT molecular complexity index is 408. The molecule has 1 heterocycles. The van der Waals surface area contributed by atoms with Gasteiger partial charge in [-0.2, -0.15) is 0 Å². The van der Waals surface area contributed by atoms with E-state index in [2.05, 4.69) is 3.95 Å². The van der Waals surface area contributed by atoms with Crippen LogP contribution >= 0.6 is 7.82 Å². The predicted molar refractivity (Wildman–Crippen MR) is 58.4 cm³/mol. The molecule has 0 amide bonds. The molecule has 1 aliphatic heterocycles. The first-order valence-corrected chi connectivity index (χ1v) is 7.53. The molecule has 4 unspecified atom stereocenters. The van der Waals surface area contributed by atoms with Crippen LogP contribution in [-0.4, -0.2) is 39.1 Å². The normalized spacial score (nSPS) is 30.3. The van der Waals surface area contributed by atoms with E-state index in [1.807, 2.05) is 23.3 Å². The van der Waals surface area contributed by atoms with Crippen molar-refractivity contribution < 1.29 is 46.3 Å². The third-order valence-corrected chi connectivity index (χ3v) is 3.92. The predicted octanol–water partition coefficient (Wildman–Crippen LogP) is 1.51. The summed E-state index contributed by atoms with van der Waals surface area (Å²) in [6.45, 7) is -0.802. The van der Waals surface area contributed by atoms with Crippen LogP contribution in [0.4, 0.5) is 0 Å². The fourth-order valence-corrected chi connectivity index (χ4v) is 2.60. The van der Waals surface area contributed by atoms with Gasteiger partial charge in [-0.25, -0.2) is 0 Å². The van der Waals surface area contributed by atoms with Crippen molar-refractivity contribution >= 4 is 7.82 Å². The van der Waals surface area contributed by atoms with Gasteiger partial charge >= 0.3 is 121 Å². The van der Waals surface area contributed by atoms with Gasteiger partial charge < -0.3 is 0 Å². The molecule has 8 nitrogen and oxygen atoms in total. The Balaban J connectivity index is 2.59. The monoisotopic (exact) mass is 331 g/mol. The quantitative estimate of drug-likeness (QED) is 0.359. The molecule has 0 radical (unpaired) electrons. The summed E-state index contributed by atoms with van der Waals surface area (Å²) in [4.78, 5) is 4.84. The van der Waals surface area contributed by atoms with Crippen molar-refractivity contribution in [2.75, 3.05) is 26.9 Å². The van der Waals surface area contributed by atoms with E-state index in [4.69, 9.17) is 29.8 Å². The second-order valence-corrected chi connectivity index (χ2v) is 5.45. The average Bonchev–Trinajstić information content (AvgIpc) is 2.76. The maximum atomic E-state index is 12.2. The molecule has 10 heteroatoms. The summed E-state index contributed by atoms with van der Waals surface area (Å²) < 4.78 is 43.4. The third kappa shape index (κ3) is 5.82. The van der Waals surface area contributed by atoms with E-state index in [1.54, 1.807) is 0 Å². The molecule has 1 aliphatic rings. The van der Waals surface area contributed by atoms with Gasteiger partial charge in [-0.1, -0.05) is 0 Å². The molecule has 1 rings (SSSR count). The topological polar surface area (TPSA) is 99.4 Å². The van der Waals surface area contributed by atoms with Gasteiger partial charge in [0.05, 0.1) is 0 Å². The van der Waals surface area contributed by atoms with Crippen LogP contribution in [0.5, 0.6) is 0 Å². The maximum absolute atomic E-state index is 12.2. The van der Waals surface area contributed by atoms with Crippen molar-refractivity contribution in [2.45, 2.75) is 25.0 Å². The fourth-order valence-electron chi connectivity index (χ4n) is 1.37. The van der Waals surface area contributed by atoms with Crippen molar-refractivity contribution in [3.63, 3.8) is 0 Å². The summed E-state index contributed by atoms with van der Waals surface area (Å²) in [6.07, 6.45) is -0.979. The van der Waals surface area contributed by atoms with E-state index >= 15 is 0 Å². The number of ether oxygens (including phenoxy) is 1. The average molecular weight is 331 g/mol. The van der Waals surface area contributed by atoms with Gasteiger partial charge in [-0.05, 0) is 0 Å². The molecular weight excluding hydrogens is 314 g/mol. The molecule has 0 N–H and O–H groups in total. The molecule has 1 saturated heterocycles. The number of nitrogens with zero attached hydrogens (tertiary/aromatic N) is 2. The van der Waals surface area contributed by atoms with Gasteiger partial charge in [0.25, 0.3) is 0 Å². The molecule has 4 atom stereocenters. The minimum absolute atomic E-state index is 0.0662. The van der Waals surface area contributed by atoms with Crippen LogP contribution in [0.15, 0.2) is 3.95 Å². The first-order chi connectivity index (χ1) is 9.54. The van der Waals surface area contributed by atoms with Gasteiger partial charge in [-0.15, -0.1) is 0 Å². The van der Waals surface area contributed by atoms with Crippen LogP contribution in [-0.2, 0) is 44.9 Å². The second-order valence-electron chi connectivity index (χ2n) is 3.47. The van der Waals surface area contributed by atoms with Crippen molar-refractivity contribution in [1.29, 1.82) is 5.26 Å². The van der Waals surface area contributed by atoms with E-state index in [0.29, 0.717) is 0 Å². The standard InChI is InChI=1S/C9H15N2O6P.V/c1-13-18(12,16-5-2-4-10)17-8-3-6-14-9(8)7-15-11;/h8-9H,2-3,5-7H2,1H3;/i6T;. The molecule has 0 aromatic heterocycles. The zero-order chi connectivity index (χ0) is 15.0. The molecule has 19 heavy (non-hydrogen) atoms. The Morgan fingerprint density at radius 1 is 1.74 bits per heavy atom. The van der Waals surface area contributed by atoms with E-state index in [-0.39, 0.29) is 26.1 Å². The van der Waals surface area contributed by atoms with Crippen LogP contribution in [0.25, 0.3) is 0 Å². The Morgan fingerprint density at radius 2 is 2.53 bits per heavy atom. The minimum atomic E-state index is -3.78. The summed E-state index contributed by atoms with van der Waals surface area (Å²) in [5.41, 5.74) is 0. The first kappa shape index (κ1) is 15.3. The third-order valence-electron chi connectivity index (χ3n) is 2.26. The van der Waals surface area contributed by atoms with Gasteiger partial charge in [0.2, 0.25) is 0 Å². The van der Waals surface area contributed by atoms with Crippen molar-refractivity contribution in [2.24, 2.45) is 3.95 Å². The summed E-state index contributed by atoms with van der Waals surface area (Å²) in [7, 11) is -2.59. The zero-order valence-corrected chi connectivity index (χ0v) is 12.6. The van der Waals surface area contributed by atoms with Crippen LogP contribution in [0.1, 0.15) is 14.2 Å². The number of hydrogen-bond donors (Lipinski definition) is 0. The van der Waals surface area contributed by atoms with Crippen molar-refractivity contribution in [1.82, 2.24) is 0 Å². The SMILES string of the molecule is [3H]C1CC(OP(=O)(OC)OCCC#N)C(CO[N]=[V])O1. The van der Waals surface area contributed by atoms with Crippen molar-refractivity contribution in [3.8, 4) is 6.07 Å². The summed E-state index contributed by atoms with van der Waals surface area (Å²) >= 11 is 1.89. The molecule has 1 fully saturated rings. The molecule has 0 bridgehead atoms. The van der Waals surface area contributed by atoms with Gasteiger partial charge in [0, 0.05) is 0 Å².